The first-order chi connectivity index (χ1) is 10.00. The number of rotatable bonds is 3. The number of hydrogen-bond acceptors (Lipinski definition) is 4. The molecule has 0 radical (unpaired) electrons. The Morgan fingerprint density at radius 3 is 1.27 bits per heavy atom. The molecule has 0 aromatic heterocycles. The maximum Gasteiger partial charge on any atom is 0.294 e. The second-order valence-electron chi connectivity index (χ2n) is 4.91. The van der Waals surface area contributed by atoms with Crippen LogP contribution in [0.4, 0.5) is 0 Å². The molecule has 2 rings (SSSR count). The van der Waals surface area contributed by atoms with Crippen LogP contribution in [0.3, 0.4) is 0 Å². The van der Waals surface area contributed by atoms with Crippen molar-refractivity contribution in [3.05, 3.63) is 47.5 Å². The second kappa shape index (κ2) is 5.47. The molecule has 2 N–H and O–H groups in total. The summed E-state index contributed by atoms with van der Waals surface area (Å²) in [4.78, 5) is -0.502. The number of hydrogen-bond donors (Lipinski definition) is 2. The highest BCUT2D eigenvalue weighted by atomic mass is 32.2. The van der Waals surface area contributed by atoms with Crippen molar-refractivity contribution in [2.24, 2.45) is 0 Å². The standard InChI is InChI=1S/C14H14O6S2/c1-9-3-5-11(7-13(9)21(15,16)17)12-6-4-10(2)14(8-12)22(18,19)20/h3-8H,1-2H3,(H,15,16,17)(H,18,19,20). The van der Waals surface area contributed by atoms with Crippen LogP contribution in [0.2, 0.25) is 0 Å². The third-order valence-corrected chi connectivity index (χ3v) is 5.26. The van der Waals surface area contributed by atoms with Gasteiger partial charge in [-0.15, -0.1) is 0 Å². The third-order valence-electron chi connectivity index (χ3n) is 3.27. The highest BCUT2D eigenvalue weighted by Gasteiger charge is 2.17. The minimum absolute atomic E-state index is 0.251. The summed E-state index contributed by atoms with van der Waals surface area (Å²) in [6.07, 6.45) is 0. The second-order valence-corrected chi connectivity index (χ2v) is 7.69. The fourth-order valence-corrected chi connectivity index (χ4v) is 3.62. The molecule has 6 nitrogen and oxygen atoms in total. The predicted octanol–water partition coefficient (Wildman–Crippen LogP) is 2.46. The zero-order valence-corrected chi connectivity index (χ0v) is 13.4. The quantitative estimate of drug-likeness (QED) is 0.829. The van der Waals surface area contributed by atoms with E-state index in [-0.39, 0.29) is 9.79 Å². The van der Waals surface area contributed by atoms with E-state index in [4.69, 9.17) is 0 Å². The SMILES string of the molecule is Cc1ccc(-c2ccc(C)c(S(=O)(=O)O)c2)cc1S(=O)(=O)O. The zero-order valence-electron chi connectivity index (χ0n) is 11.8. The summed E-state index contributed by atoms with van der Waals surface area (Å²) in [5, 5.41) is 0. The van der Waals surface area contributed by atoms with E-state index in [2.05, 4.69) is 0 Å². The van der Waals surface area contributed by atoms with Gasteiger partial charge >= 0.3 is 0 Å². The van der Waals surface area contributed by atoms with Gasteiger partial charge in [0.25, 0.3) is 20.2 Å². The largest absolute Gasteiger partial charge is 0.294 e. The Labute approximate surface area is 128 Å². The maximum absolute atomic E-state index is 11.3. The molecule has 22 heavy (non-hydrogen) atoms. The van der Waals surface area contributed by atoms with E-state index in [1.807, 2.05) is 0 Å². The van der Waals surface area contributed by atoms with Crippen molar-refractivity contribution < 1.29 is 25.9 Å². The molecule has 0 saturated heterocycles. The lowest BCUT2D eigenvalue weighted by molar-refractivity contribution is 0.480. The van der Waals surface area contributed by atoms with Gasteiger partial charge in [0, 0.05) is 0 Å². The van der Waals surface area contributed by atoms with Crippen molar-refractivity contribution >= 4 is 20.2 Å². The monoisotopic (exact) mass is 342 g/mol. The summed E-state index contributed by atoms with van der Waals surface area (Å²) >= 11 is 0. The molecule has 2 aromatic rings. The van der Waals surface area contributed by atoms with Gasteiger partial charge in [-0.2, -0.15) is 16.8 Å². The van der Waals surface area contributed by atoms with Crippen LogP contribution >= 0.6 is 0 Å². The van der Waals surface area contributed by atoms with Crippen LogP contribution in [0.25, 0.3) is 11.1 Å². The molecule has 8 heteroatoms. The van der Waals surface area contributed by atoms with Gasteiger partial charge in [0.15, 0.2) is 0 Å². The van der Waals surface area contributed by atoms with Crippen LogP contribution in [-0.4, -0.2) is 25.9 Å². The first kappa shape index (κ1) is 16.6. The minimum Gasteiger partial charge on any atom is -0.282 e. The van der Waals surface area contributed by atoms with Crippen LogP contribution < -0.4 is 0 Å². The van der Waals surface area contributed by atoms with E-state index in [0.717, 1.165) is 0 Å². The maximum atomic E-state index is 11.3. The fraction of sp³-hybridized carbons (Fsp3) is 0.143. The average Bonchev–Trinajstić information content (AvgIpc) is 2.37. The molecule has 2 aromatic carbocycles. The first-order valence-electron chi connectivity index (χ1n) is 6.17. The highest BCUT2D eigenvalue weighted by molar-refractivity contribution is 7.86. The van der Waals surface area contributed by atoms with Gasteiger partial charge in [0.05, 0.1) is 9.79 Å². The predicted molar refractivity (Wildman–Crippen MR) is 81.0 cm³/mol. The van der Waals surface area contributed by atoms with Gasteiger partial charge in [-0.1, -0.05) is 24.3 Å². The molecule has 0 aliphatic heterocycles. The van der Waals surface area contributed by atoms with E-state index >= 15 is 0 Å². The molecule has 0 aliphatic carbocycles. The summed E-state index contributed by atoms with van der Waals surface area (Å²) in [5.41, 5.74) is 1.55. The summed E-state index contributed by atoms with van der Waals surface area (Å²) in [7, 11) is -8.76. The summed E-state index contributed by atoms with van der Waals surface area (Å²) < 4.78 is 63.8. The van der Waals surface area contributed by atoms with Crippen molar-refractivity contribution in [1.82, 2.24) is 0 Å². The van der Waals surface area contributed by atoms with E-state index in [1.54, 1.807) is 12.1 Å². The van der Waals surface area contributed by atoms with Gasteiger partial charge in [0.1, 0.15) is 0 Å². The zero-order chi connectivity index (χ0) is 16.7. The molecule has 0 heterocycles. The smallest absolute Gasteiger partial charge is 0.282 e. The summed E-state index contributed by atoms with van der Waals surface area (Å²) in [5.74, 6) is 0. The van der Waals surface area contributed by atoms with Crippen LogP contribution in [0.15, 0.2) is 46.2 Å². The molecule has 0 bridgehead atoms. The van der Waals surface area contributed by atoms with E-state index in [0.29, 0.717) is 22.3 Å². The number of benzene rings is 2. The minimum atomic E-state index is -4.38. The molecule has 0 unspecified atom stereocenters. The Morgan fingerprint density at radius 2 is 1.00 bits per heavy atom. The van der Waals surface area contributed by atoms with E-state index in [1.165, 1.54) is 38.1 Å². The molecule has 0 atom stereocenters. The Hall–Kier alpha value is -1.74. The topological polar surface area (TPSA) is 109 Å². The summed E-state index contributed by atoms with van der Waals surface area (Å²) in [6.45, 7) is 3.07. The van der Waals surface area contributed by atoms with Crippen molar-refractivity contribution in [1.29, 1.82) is 0 Å². The lowest BCUT2D eigenvalue weighted by Gasteiger charge is -2.09. The molecule has 0 aliphatic rings. The van der Waals surface area contributed by atoms with Gasteiger partial charge in [-0.25, -0.2) is 0 Å². The van der Waals surface area contributed by atoms with Gasteiger partial charge < -0.3 is 0 Å². The molecule has 118 valence electrons. The fourth-order valence-electron chi connectivity index (χ4n) is 2.12. The normalized spacial score (nSPS) is 12.4. The molecule has 0 saturated carbocycles. The van der Waals surface area contributed by atoms with Gasteiger partial charge in [-0.3, -0.25) is 9.11 Å². The Balaban J connectivity index is 2.69. The molecule has 0 fully saturated rings. The van der Waals surface area contributed by atoms with Crippen LogP contribution in [-0.2, 0) is 20.2 Å². The lowest BCUT2D eigenvalue weighted by Crippen LogP contribution is -2.02. The van der Waals surface area contributed by atoms with Crippen molar-refractivity contribution in [3.63, 3.8) is 0 Å². The Kier molecular flexibility index (Phi) is 4.14. The van der Waals surface area contributed by atoms with Crippen LogP contribution in [0.1, 0.15) is 11.1 Å². The molecular formula is C14H14O6S2. The van der Waals surface area contributed by atoms with Crippen LogP contribution in [0, 0.1) is 13.8 Å². The first-order valence-corrected chi connectivity index (χ1v) is 9.05. The lowest BCUT2D eigenvalue weighted by atomic mass is 10.0. The van der Waals surface area contributed by atoms with Gasteiger partial charge in [-0.05, 0) is 48.2 Å². The highest BCUT2D eigenvalue weighted by Crippen LogP contribution is 2.28. The van der Waals surface area contributed by atoms with Crippen molar-refractivity contribution in [2.75, 3.05) is 0 Å². The third kappa shape index (κ3) is 3.36. The number of aryl methyl sites for hydroxylation is 2. The summed E-state index contributed by atoms with van der Waals surface area (Å²) in [6, 6.07) is 8.72. The van der Waals surface area contributed by atoms with E-state index in [9.17, 15) is 25.9 Å². The molecule has 0 spiro atoms. The molecule has 0 amide bonds. The van der Waals surface area contributed by atoms with Crippen LogP contribution in [0.5, 0.6) is 0 Å². The average molecular weight is 342 g/mol. The molecular weight excluding hydrogens is 328 g/mol. The van der Waals surface area contributed by atoms with E-state index < -0.39 is 20.2 Å². The Bertz CT molecular complexity index is 864. The Morgan fingerprint density at radius 1 is 0.682 bits per heavy atom. The van der Waals surface area contributed by atoms with Crippen molar-refractivity contribution in [3.8, 4) is 11.1 Å². The van der Waals surface area contributed by atoms with Crippen molar-refractivity contribution in [2.45, 2.75) is 23.6 Å². The van der Waals surface area contributed by atoms with Gasteiger partial charge in [0.2, 0.25) is 0 Å².